The molecule has 1 aromatic carbocycles. The van der Waals surface area contributed by atoms with Crippen LogP contribution in [0.15, 0.2) is 70.4 Å². The molecule has 0 bridgehead atoms. The molecule has 7 nitrogen and oxygen atoms in total. The summed E-state index contributed by atoms with van der Waals surface area (Å²) in [6, 6.07) is 10.6. The normalized spacial score (nSPS) is 11.2. The number of ether oxygens (including phenoxy) is 1. The fraction of sp³-hybridized carbons (Fsp3) is 0.0625. The van der Waals surface area contributed by atoms with Crippen LogP contribution < -0.4 is 10.1 Å². The Balaban J connectivity index is 1.82. The van der Waals surface area contributed by atoms with E-state index in [9.17, 15) is 13.2 Å². The summed E-state index contributed by atoms with van der Waals surface area (Å²) in [7, 11) is -2.24. The van der Waals surface area contributed by atoms with Crippen molar-refractivity contribution in [2.45, 2.75) is 4.90 Å². The number of amides is 1. The van der Waals surface area contributed by atoms with E-state index >= 15 is 0 Å². The van der Waals surface area contributed by atoms with Gasteiger partial charge in [-0.3, -0.25) is 4.79 Å². The summed E-state index contributed by atoms with van der Waals surface area (Å²) < 4.78 is 36.1. The Labute approximate surface area is 138 Å². The molecule has 2 heterocycles. The van der Waals surface area contributed by atoms with Crippen molar-refractivity contribution in [1.82, 2.24) is 3.97 Å². The molecule has 2 aromatic heterocycles. The van der Waals surface area contributed by atoms with E-state index in [0.29, 0.717) is 11.4 Å². The second kappa shape index (κ2) is 6.25. The minimum absolute atomic E-state index is 0.114. The van der Waals surface area contributed by atoms with Crippen LogP contribution in [-0.2, 0) is 10.0 Å². The topological polar surface area (TPSA) is 90.5 Å². The van der Waals surface area contributed by atoms with Crippen molar-refractivity contribution >= 4 is 21.6 Å². The molecule has 0 spiro atoms. The molecule has 0 saturated heterocycles. The zero-order valence-corrected chi connectivity index (χ0v) is 13.5. The van der Waals surface area contributed by atoms with Crippen molar-refractivity contribution in [3.63, 3.8) is 0 Å². The Hall–Kier alpha value is -3.00. The van der Waals surface area contributed by atoms with Gasteiger partial charge < -0.3 is 14.5 Å². The van der Waals surface area contributed by atoms with E-state index < -0.39 is 15.9 Å². The number of carbonyl (C=O) groups is 1. The first-order valence-corrected chi connectivity index (χ1v) is 8.37. The number of nitrogens with one attached hydrogen (secondary N) is 1. The number of methoxy groups -OCH3 is 1. The van der Waals surface area contributed by atoms with E-state index in [1.165, 1.54) is 50.0 Å². The smallest absolute Gasteiger partial charge is 0.291 e. The molecule has 0 aliphatic carbocycles. The van der Waals surface area contributed by atoms with Crippen molar-refractivity contribution in [1.29, 1.82) is 0 Å². The quantitative estimate of drug-likeness (QED) is 0.767. The van der Waals surface area contributed by atoms with E-state index in [4.69, 9.17) is 9.15 Å². The van der Waals surface area contributed by atoms with Gasteiger partial charge in [0, 0.05) is 12.4 Å². The van der Waals surface area contributed by atoms with Gasteiger partial charge in [-0.25, -0.2) is 12.4 Å². The highest BCUT2D eigenvalue weighted by molar-refractivity contribution is 7.90. The number of hydrogen-bond acceptors (Lipinski definition) is 5. The summed E-state index contributed by atoms with van der Waals surface area (Å²) in [6.45, 7) is 0. The molecule has 1 N–H and O–H groups in total. The van der Waals surface area contributed by atoms with Crippen LogP contribution >= 0.6 is 0 Å². The third kappa shape index (κ3) is 3.04. The molecule has 3 rings (SSSR count). The fourth-order valence-electron chi connectivity index (χ4n) is 2.07. The van der Waals surface area contributed by atoms with Crippen LogP contribution in [-0.4, -0.2) is 25.4 Å². The van der Waals surface area contributed by atoms with E-state index in [1.54, 1.807) is 18.2 Å². The first-order valence-electron chi connectivity index (χ1n) is 6.93. The molecule has 0 saturated carbocycles. The highest BCUT2D eigenvalue weighted by Gasteiger charge is 2.18. The number of carbonyl (C=O) groups excluding carboxylic acids is 1. The number of hydrogen-bond donors (Lipinski definition) is 1. The van der Waals surface area contributed by atoms with Crippen molar-refractivity contribution in [3.8, 4) is 5.75 Å². The average Bonchev–Trinajstić information content (AvgIpc) is 3.26. The molecule has 3 aromatic rings. The predicted molar refractivity (Wildman–Crippen MR) is 86.7 cm³/mol. The monoisotopic (exact) mass is 346 g/mol. The summed E-state index contributed by atoms with van der Waals surface area (Å²) in [6.07, 6.45) is 4.06. The Morgan fingerprint density at radius 3 is 2.54 bits per heavy atom. The van der Waals surface area contributed by atoms with Crippen LogP contribution in [0.4, 0.5) is 5.69 Å². The Bertz CT molecular complexity index is 941. The number of nitrogens with zero attached hydrogens (tertiary/aromatic N) is 1. The molecule has 24 heavy (non-hydrogen) atoms. The van der Waals surface area contributed by atoms with Gasteiger partial charge in [-0.1, -0.05) is 0 Å². The molecule has 0 atom stereocenters. The minimum atomic E-state index is -3.75. The lowest BCUT2D eigenvalue weighted by molar-refractivity contribution is 0.0996. The van der Waals surface area contributed by atoms with Crippen LogP contribution in [0.25, 0.3) is 0 Å². The molecule has 124 valence electrons. The lowest BCUT2D eigenvalue weighted by Gasteiger charge is -2.06. The maximum atomic E-state index is 12.6. The molecular formula is C16H14N2O5S. The number of rotatable bonds is 5. The van der Waals surface area contributed by atoms with Crippen LogP contribution in [0, 0.1) is 0 Å². The standard InChI is InChI=1S/C16H14N2O5S/c1-22-13-4-6-14(7-5-13)24(20,21)18-9-8-12(11-18)17-16(19)15-3-2-10-23-15/h2-11H,1H3,(H,17,19). The van der Waals surface area contributed by atoms with E-state index in [0.717, 1.165) is 3.97 Å². The van der Waals surface area contributed by atoms with Gasteiger partial charge in [0.05, 0.1) is 24.0 Å². The van der Waals surface area contributed by atoms with E-state index in [2.05, 4.69) is 5.32 Å². The lowest BCUT2D eigenvalue weighted by atomic mass is 10.3. The predicted octanol–water partition coefficient (Wildman–Crippen LogP) is 2.58. The number of furan rings is 1. The van der Waals surface area contributed by atoms with Crippen LogP contribution in [0.1, 0.15) is 10.6 Å². The molecule has 0 radical (unpaired) electrons. The molecule has 0 aliphatic heterocycles. The maximum Gasteiger partial charge on any atom is 0.291 e. The van der Waals surface area contributed by atoms with Gasteiger partial charge in [-0.15, -0.1) is 0 Å². The molecule has 0 unspecified atom stereocenters. The van der Waals surface area contributed by atoms with E-state index in [1.807, 2.05) is 0 Å². The fourth-order valence-corrected chi connectivity index (χ4v) is 3.27. The van der Waals surface area contributed by atoms with Gasteiger partial charge in [0.15, 0.2) is 5.76 Å². The van der Waals surface area contributed by atoms with Gasteiger partial charge >= 0.3 is 0 Å². The second-order valence-electron chi connectivity index (χ2n) is 4.84. The van der Waals surface area contributed by atoms with Gasteiger partial charge in [0.25, 0.3) is 15.9 Å². The zero-order chi connectivity index (χ0) is 17.2. The van der Waals surface area contributed by atoms with Gasteiger partial charge in [0.2, 0.25) is 0 Å². The Morgan fingerprint density at radius 2 is 1.92 bits per heavy atom. The highest BCUT2D eigenvalue weighted by Crippen LogP contribution is 2.20. The van der Waals surface area contributed by atoms with Crippen molar-refractivity contribution in [3.05, 3.63) is 66.9 Å². The molecule has 8 heteroatoms. The summed E-state index contributed by atoms with van der Waals surface area (Å²) in [4.78, 5) is 12.0. The summed E-state index contributed by atoms with van der Waals surface area (Å²) >= 11 is 0. The van der Waals surface area contributed by atoms with Crippen LogP contribution in [0.3, 0.4) is 0 Å². The third-order valence-electron chi connectivity index (χ3n) is 3.31. The molecule has 0 aliphatic rings. The van der Waals surface area contributed by atoms with Crippen LogP contribution in [0.2, 0.25) is 0 Å². The second-order valence-corrected chi connectivity index (χ2v) is 6.69. The SMILES string of the molecule is COc1ccc(S(=O)(=O)n2ccc(NC(=O)c3ccco3)c2)cc1. The Kier molecular flexibility index (Phi) is 4.13. The van der Waals surface area contributed by atoms with Gasteiger partial charge in [-0.05, 0) is 42.5 Å². The van der Waals surface area contributed by atoms with Gasteiger partial charge in [0.1, 0.15) is 5.75 Å². The number of benzene rings is 1. The Morgan fingerprint density at radius 1 is 1.17 bits per heavy atom. The van der Waals surface area contributed by atoms with Crippen molar-refractivity contribution in [2.75, 3.05) is 12.4 Å². The summed E-state index contributed by atoms with van der Waals surface area (Å²) in [5.41, 5.74) is 0.341. The minimum Gasteiger partial charge on any atom is -0.497 e. The molecule has 0 fully saturated rings. The molecule has 1 amide bonds. The number of anilines is 1. The summed E-state index contributed by atoms with van der Waals surface area (Å²) in [5, 5.41) is 2.57. The first kappa shape index (κ1) is 15.9. The largest absolute Gasteiger partial charge is 0.497 e. The summed E-state index contributed by atoms with van der Waals surface area (Å²) in [5.74, 6) is 0.244. The highest BCUT2D eigenvalue weighted by atomic mass is 32.2. The number of aromatic nitrogens is 1. The van der Waals surface area contributed by atoms with Crippen molar-refractivity contribution < 1.29 is 22.4 Å². The molecular weight excluding hydrogens is 332 g/mol. The van der Waals surface area contributed by atoms with E-state index in [-0.39, 0.29) is 10.7 Å². The third-order valence-corrected chi connectivity index (χ3v) is 4.96. The van der Waals surface area contributed by atoms with Crippen molar-refractivity contribution in [2.24, 2.45) is 0 Å². The first-order chi connectivity index (χ1) is 11.5. The lowest BCUT2D eigenvalue weighted by Crippen LogP contribution is -2.12. The average molecular weight is 346 g/mol. The van der Waals surface area contributed by atoms with Crippen LogP contribution in [0.5, 0.6) is 5.75 Å². The zero-order valence-electron chi connectivity index (χ0n) is 12.7. The maximum absolute atomic E-state index is 12.6. The van der Waals surface area contributed by atoms with Gasteiger partial charge in [-0.2, -0.15) is 0 Å².